The van der Waals surface area contributed by atoms with E-state index in [1.807, 2.05) is 50.2 Å². The highest BCUT2D eigenvalue weighted by Crippen LogP contribution is 2.21. The maximum atomic E-state index is 12.5. The number of carbonyl (C=O) groups is 2. The van der Waals surface area contributed by atoms with Gasteiger partial charge in [0.1, 0.15) is 0 Å². The highest BCUT2D eigenvalue weighted by molar-refractivity contribution is 9.10. The molecular formula is C22H26BrN3O2. The molecule has 0 aromatic heterocycles. The number of hydrogen-bond acceptors (Lipinski definition) is 3. The number of hydrogen-bond donors (Lipinski definition) is 2. The minimum atomic E-state index is -0.0118. The zero-order chi connectivity index (χ0) is 20.1. The van der Waals surface area contributed by atoms with E-state index in [0.717, 1.165) is 47.3 Å². The molecule has 1 aliphatic rings. The Morgan fingerprint density at radius 1 is 1.04 bits per heavy atom. The summed E-state index contributed by atoms with van der Waals surface area (Å²) in [6.07, 6.45) is 1.53. The Bertz CT molecular complexity index is 843. The van der Waals surface area contributed by atoms with Crippen LogP contribution in [0.15, 0.2) is 46.9 Å². The summed E-state index contributed by atoms with van der Waals surface area (Å²) in [6.45, 7) is 5.89. The lowest BCUT2D eigenvalue weighted by Crippen LogP contribution is -2.41. The standard InChI is InChI=1S/C22H26BrN3O2/c1-15-3-8-20(16(2)13-15)25-21(27)14-26-11-9-17(10-12-26)22(28)24-19-6-4-18(23)5-7-19/h3-8,13,17H,9-12,14H2,1-2H3,(H,24,28)(H,25,27). The highest BCUT2D eigenvalue weighted by Gasteiger charge is 2.26. The number of aryl methyl sites for hydroxylation is 2. The van der Waals surface area contributed by atoms with Crippen molar-refractivity contribution in [1.29, 1.82) is 0 Å². The van der Waals surface area contributed by atoms with E-state index in [1.54, 1.807) is 0 Å². The number of nitrogens with one attached hydrogen (secondary N) is 2. The van der Waals surface area contributed by atoms with Crippen molar-refractivity contribution in [3.8, 4) is 0 Å². The van der Waals surface area contributed by atoms with Crippen LogP contribution in [0.25, 0.3) is 0 Å². The van der Waals surface area contributed by atoms with Crippen molar-refractivity contribution in [2.45, 2.75) is 26.7 Å². The second kappa shape index (κ2) is 9.34. The molecule has 0 radical (unpaired) electrons. The third-order valence-corrected chi connectivity index (χ3v) is 5.62. The molecule has 2 aromatic rings. The fourth-order valence-electron chi connectivity index (χ4n) is 3.48. The normalized spacial score (nSPS) is 15.2. The second-order valence-electron chi connectivity index (χ2n) is 7.41. The molecule has 2 N–H and O–H groups in total. The maximum absolute atomic E-state index is 12.5. The van der Waals surface area contributed by atoms with Crippen molar-refractivity contribution < 1.29 is 9.59 Å². The van der Waals surface area contributed by atoms with Gasteiger partial charge in [-0.05, 0) is 75.7 Å². The predicted molar refractivity (Wildman–Crippen MR) is 116 cm³/mol. The molecule has 0 spiro atoms. The largest absolute Gasteiger partial charge is 0.326 e. The van der Waals surface area contributed by atoms with Gasteiger partial charge in [-0.2, -0.15) is 0 Å². The fourth-order valence-corrected chi connectivity index (χ4v) is 3.74. The number of piperidine rings is 1. The van der Waals surface area contributed by atoms with Crippen LogP contribution in [-0.2, 0) is 9.59 Å². The molecule has 2 aromatic carbocycles. The summed E-state index contributed by atoms with van der Waals surface area (Å²) in [5.41, 5.74) is 3.92. The van der Waals surface area contributed by atoms with Crippen LogP contribution in [-0.4, -0.2) is 36.3 Å². The molecule has 5 nitrogen and oxygen atoms in total. The van der Waals surface area contributed by atoms with E-state index in [1.165, 1.54) is 5.56 Å². The summed E-state index contributed by atoms with van der Waals surface area (Å²) in [5, 5.41) is 5.97. The number of rotatable bonds is 5. The molecule has 148 valence electrons. The van der Waals surface area contributed by atoms with E-state index in [2.05, 4.69) is 37.5 Å². The molecule has 1 fully saturated rings. The monoisotopic (exact) mass is 443 g/mol. The SMILES string of the molecule is Cc1ccc(NC(=O)CN2CCC(C(=O)Nc3ccc(Br)cc3)CC2)c(C)c1. The van der Waals surface area contributed by atoms with Gasteiger partial charge >= 0.3 is 0 Å². The highest BCUT2D eigenvalue weighted by atomic mass is 79.9. The molecule has 6 heteroatoms. The molecule has 0 bridgehead atoms. The summed E-state index contributed by atoms with van der Waals surface area (Å²) in [6, 6.07) is 13.6. The summed E-state index contributed by atoms with van der Waals surface area (Å²) in [7, 11) is 0. The van der Waals surface area contributed by atoms with Gasteiger partial charge in [-0.3, -0.25) is 14.5 Å². The van der Waals surface area contributed by atoms with Gasteiger partial charge in [-0.1, -0.05) is 33.6 Å². The Balaban J connectivity index is 1.45. The Hall–Kier alpha value is -2.18. The third-order valence-electron chi connectivity index (χ3n) is 5.09. The van der Waals surface area contributed by atoms with Crippen molar-refractivity contribution in [3.63, 3.8) is 0 Å². The molecule has 28 heavy (non-hydrogen) atoms. The molecule has 0 unspecified atom stereocenters. The lowest BCUT2D eigenvalue weighted by Gasteiger charge is -2.30. The first kappa shape index (κ1) is 20.6. The van der Waals surface area contributed by atoms with Gasteiger partial charge in [0, 0.05) is 21.8 Å². The van der Waals surface area contributed by atoms with E-state index in [9.17, 15) is 9.59 Å². The number of amides is 2. The number of carbonyl (C=O) groups excluding carboxylic acids is 2. The van der Waals surface area contributed by atoms with Gasteiger partial charge in [-0.25, -0.2) is 0 Å². The molecule has 3 rings (SSSR count). The first-order valence-electron chi connectivity index (χ1n) is 9.56. The molecular weight excluding hydrogens is 418 g/mol. The molecule has 2 amide bonds. The average molecular weight is 444 g/mol. The number of anilines is 2. The van der Waals surface area contributed by atoms with Crippen LogP contribution >= 0.6 is 15.9 Å². The molecule has 1 aliphatic heterocycles. The van der Waals surface area contributed by atoms with Crippen LogP contribution in [0.3, 0.4) is 0 Å². The number of benzene rings is 2. The van der Waals surface area contributed by atoms with Crippen LogP contribution in [0.2, 0.25) is 0 Å². The molecule has 0 aliphatic carbocycles. The van der Waals surface area contributed by atoms with Crippen LogP contribution in [0.1, 0.15) is 24.0 Å². The Labute approximate surface area is 174 Å². The van der Waals surface area contributed by atoms with Crippen LogP contribution in [0.4, 0.5) is 11.4 Å². The van der Waals surface area contributed by atoms with Crippen LogP contribution < -0.4 is 10.6 Å². The second-order valence-corrected chi connectivity index (χ2v) is 8.33. The fraction of sp³-hybridized carbons (Fsp3) is 0.364. The van der Waals surface area contributed by atoms with Gasteiger partial charge in [-0.15, -0.1) is 0 Å². The first-order chi connectivity index (χ1) is 13.4. The van der Waals surface area contributed by atoms with Gasteiger partial charge in [0.2, 0.25) is 11.8 Å². The van der Waals surface area contributed by atoms with Gasteiger partial charge in [0.25, 0.3) is 0 Å². The topological polar surface area (TPSA) is 61.4 Å². The Morgan fingerprint density at radius 3 is 2.36 bits per heavy atom. The average Bonchev–Trinajstić information content (AvgIpc) is 2.66. The zero-order valence-electron chi connectivity index (χ0n) is 16.3. The zero-order valence-corrected chi connectivity index (χ0v) is 17.9. The summed E-state index contributed by atoms with van der Waals surface area (Å²) < 4.78 is 0.984. The van der Waals surface area contributed by atoms with E-state index >= 15 is 0 Å². The Morgan fingerprint density at radius 2 is 1.71 bits per heavy atom. The van der Waals surface area contributed by atoms with E-state index in [4.69, 9.17) is 0 Å². The van der Waals surface area contributed by atoms with Crippen molar-refractivity contribution in [3.05, 3.63) is 58.1 Å². The first-order valence-corrected chi connectivity index (χ1v) is 10.4. The molecule has 1 heterocycles. The number of nitrogens with zero attached hydrogens (tertiary/aromatic N) is 1. The summed E-state index contributed by atoms with van der Waals surface area (Å²) in [4.78, 5) is 26.9. The van der Waals surface area contributed by atoms with E-state index in [0.29, 0.717) is 6.54 Å². The van der Waals surface area contributed by atoms with Gasteiger partial charge < -0.3 is 10.6 Å². The number of halogens is 1. The molecule has 0 atom stereocenters. The lowest BCUT2D eigenvalue weighted by molar-refractivity contribution is -0.121. The summed E-state index contributed by atoms with van der Waals surface area (Å²) >= 11 is 3.39. The van der Waals surface area contributed by atoms with Crippen LogP contribution in [0.5, 0.6) is 0 Å². The van der Waals surface area contributed by atoms with Crippen molar-refractivity contribution in [1.82, 2.24) is 4.90 Å². The van der Waals surface area contributed by atoms with Crippen LogP contribution in [0, 0.1) is 19.8 Å². The van der Waals surface area contributed by atoms with Crippen molar-refractivity contribution in [2.75, 3.05) is 30.3 Å². The van der Waals surface area contributed by atoms with Crippen molar-refractivity contribution >= 4 is 39.1 Å². The van der Waals surface area contributed by atoms with Gasteiger partial charge in [0.15, 0.2) is 0 Å². The summed E-state index contributed by atoms with van der Waals surface area (Å²) in [5.74, 6) is 0.0359. The maximum Gasteiger partial charge on any atom is 0.238 e. The predicted octanol–water partition coefficient (Wildman–Crippen LogP) is 4.36. The third kappa shape index (κ3) is 5.66. The van der Waals surface area contributed by atoms with E-state index in [-0.39, 0.29) is 17.7 Å². The minimum absolute atomic E-state index is 0.00952. The van der Waals surface area contributed by atoms with Gasteiger partial charge in [0.05, 0.1) is 6.54 Å². The smallest absolute Gasteiger partial charge is 0.238 e. The molecule has 0 saturated carbocycles. The Kier molecular flexibility index (Phi) is 6.86. The quantitative estimate of drug-likeness (QED) is 0.721. The molecule has 1 saturated heterocycles. The van der Waals surface area contributed by atoms with Crippen molar-refractivity contribution in [2.24, 2.45) is 5.92 Å². The lowest BCUT2D eigenvalue weighted by atomic mass is 9.96. The minimum Gasteiger partial charge on any atom is -0.326 e. The number of likely N-dealkylation sites (tertiary alicyclic amines) is 1. The van der Waals surface area contributed by atoms with E-state index < -0.39 is 0 Å².